The third-order valence-corrected chi connectivity index (χ3v) is 2.25. The second-order valence-electron chi connectivity index (χ2n) is 2.93. The van der Waals surface area contributed by atoms with Crippen LogP contribution >= 0.6 is 0 Å². The molecule has 1 aliphatic carbocycles. The van der Waals surface area contributed by atoms with Crippen LogP contribution in [0, 0.1) is 5.41 Å². The van der Waals surface area contributed by atoms with Gasteiger partial charge >= 0.3 is 0 Å². The fraction of sp³-hybridized carbons (Fsp3) is 0.857. The van der Waals surface area contributed by atoms with Crippen LogP contribution in [0.3, 0.4) is 0 Å². The maximum atomic E-state index is 7.17. The summed E-state index contributed by atoms with van der Waals surface area (Å²) in [5.41, 5.74) is 5.32. The predicted octanol–water partition coefficient (Wildman–Crippen LogP) is 0.754. The molecule has 0 aromatic heterocycles. The Morgan fingerprint density at radius 3 is 2.40 bits per heavy atom. The van der Waals surface area contributed by atoms with Gasteiger partial charge in [0.2, 0.25) is 0 Å². The van der Waals surface area contributed by atoms with Crippen LogP contribution in [-0.4, -0.2) is 23.9 Å². The van der Waals surface area contributed by atoms with Crippen molar-refractivity contribution >= 4 is 5.96 Å². The van der Waals surface area contributed by atoms with Crippen LogP contribution in [-0.2, 0) is 0 Å². The zero-order valence-corrected chi connectivity index (χ0v) is 6.43. The molecule has 3 nitrogen and oxygen atoms in total. The first kappa shape index (κ1) is 7.38. The Bertz CT molecular complexity index is 127. The van der Waals surface area contributed by atoms with Gasteiger partial charge in [-0.05, 0) is 12.8 Å². The van der Waals surface area contributed by atoms with Gasteiger partial charge in [0.15, 0.2) is 5.96 Å². The molecule has 0 atom stereocenters. The van der Waals surface area contributed by atoms with E-state index in [1.54, 1.807) is 0 Å². The van der Waals surface area contributed by atoms with E-state index < -0.39 is 0 Å². The lowest BCUT2D eigenvalue weighted by molar-refractivity contribution is 0.366. The van der Waals surface area contributed by atoms with E-state index in [1.807, 2.05) is 11.9 Å². The van der Waals surface area contributed by atoms with Crippen molar-refractivity contribution in [3.8, 4) is 0 Å². The molecule has 0 spiro atoms. The van der Waals surface area contributed by atoms with Crippen LogP contribution in [0.4, 0.5) is 0 Å². The number of hydrogen-bond acceptors (Lipinski definition) is 1. The summed E-state index contributed by atoms with van der Waals surface area (Å²) in [5.74, 6) is 0.201. The van der Waals surface area contributed by atoms with Crippen LogP contribution in [0.5, 0.6) is 0 Å². The molecule has 58 valence electrons. The van der Waals surface area contributed by atoms with E-state index in [9.17, 15) is 0 Å². The van der Waals surface area contributed by atoms with Crippen LogP contribution < -0.4 is 5.73 Å². The van der Waals surface area contributed by atoms with Crippen molar-refractivity contribution in [1.29, 1.82) is 5.41 Å². The minimum Gasteiger partial charge on any atom is -0.370 e. The van der Waals surface area contributed by atoms with Crippen LogP contribution in [0.2, 0.25) is 0 Å². The van der Waals surface area contributed by atoms with Gasteiger partial charge in [-0.1, -0.05) is 12.8 Å². The number of nitrogens with two attached hydrogens (primary N) is 1. The second kappa shape index (κ2) is 2.90. The Morgan fingerprint density at radius 1 is 1.50 bits per heavy atom. The molecule has 10 heavy (non-hydrogen) atoms. The van der Waals surface area contributed by atoms with Gasteiger partial charge in [0.05, 0.1) is 0 Å². The first-order valence-corrected chi connectivity index (χ1v) is 3.78. The third kappa shape index (κ3) is 1.40. The van der Waals surface area contributed by atoms with Gasteiger partial charge < -0.3 is 10.6 Å². The summed E-state index contributed by atoms with van der Waals surface area (Å²) in [5, 5.41) is 7.17. The summed E-state index contributed by atoms with van der Waals surface area (Å²) in [7, 11) is 1.90. The summed E-state index contributed by atoms with van der Waals surface area (Å²) in [6, 6.07) is 0.539. The number of guanidine groups is 1. The zero-order chi connectivity index (χ0) is 7.56. The summed E-state index contributed by atoms with van der Waals surface area (Å²) >= 11 is 0. The highest BCUT2D eigenvalue weighted by atomic mass is 15.2. The molecule has 0 unspecified atom stereocenters. The molecule has 0 amide bonds. The molecule has 0 radical (unpaired) electrons. The number of nitrogens with zero attached hydrogens (tertiary/aromatic N) is 1. The minimum absolute atomic E-state index is 0.201. The summed E-state index contributed by atoms with van der Waals surface area (Å²) in [4.78, 5) is 1.87. The van der Waals surface area contributed by atoms with Crippen molar-refractivity contribution in [3.05, 3.63) is 0 Å². The van der Waals surface area contributed by atoms with Crippen LogP contribution in [0.1, 0.15) is 25.7 Å². The molecular weight excluding hydrogens is 126 g/mol. The number of nitrogens with one attached hydrogen (secondary N) is 1. The van der Waals surface area contributed by atoms with E-state index in [4.69, 9.17) is 11.1 Å². The lowest BCUT2D eigenvalue weighted by Gasteiger charge is -2.23. The Labute approximate surface area is 61.7 Å². The van der Waals surface area contributed by atoms with Crippen molar-refractivity contribution in [1.82, 2.24) is 4.90 Å². The SMILES string of the molecule is CN(C(=N)N)C1CCCC1. The molecule has 0 aromatic rings. The molecule has 3 N–H and O–H groups in total. The lowest BCUT2D eigenvalue weighted by atomic mass is 10.2. The lowest BCUT2D eigenvalue weighted by Crippen LogP contribution is -2.39. The van der Waals surface area contributed by atoms with Crippen molar-refractivity contribution in [2.45, 2.75) is 31.7 Å². The smallest absolute Gasteiger partial charge is 0.188 e. The molecule has 3 heteroatoms. The van der Waals surface area contributed by atoms with E-state index in [0.29, 0.717) is 6.04 Å². The molecule has 0 aromatic carbocycles. The van der Waals surface area contributed by atoms with Crippen molar-refractivity contribution in [2.24, 2.45) is 5.73 Å². The quantitative estimate of drug-likeness (QED) is 0.418. The van der Waals surface area contributed by atoms with Crippen molar-refractivity contribution in [3.63, 3.8) is 0 Å². The van der Waals surface area contributed by atoms with Gasteiger partial charge in [-0.3, -0.25) is 5.41 Å². The molecule has 0 aliphatic heterocycles. The highest BCUT2D eigenvalue weighted by Crippen LogP contribution is 2.21. The van der Waals surface area contributed by atoms with Crippen molar-refractivity contribution < 1.29 is 0 Å². The van der Waals surface area contributed by atoms with Gasteiger partial charge in [-0.15, -0.1) is 0 Å². The first-order valence-electron chi connectivity index (χ1n) is 3.78. The highest BCUT2D eigenvalue weighted by Gasteiger charge is 2.19. The van der Waals surface area contributed by atoms with E-state index >= 15 is 0 Å². The van der Waals surface area contributed by atoms with E-state index in [-0.39, 0.29) is 5.96 Å². The standard InChI is InChI=1S/C7H15N3/c1-10(7(8)9)6-4-2-3-5-6/h6H,2-5H2,1H3,(H3,8,9). The Morgan fingerprint density at radius 2 is 2.00 bits per heavy atom. The molecule has 0 saturated heterocycles. The monoisotopic (exact) mass is 141 g/mol. The average molecular weight is 141 g/mol. The summed E-state index contributed by atoms with van der Waals surface area (Å²) in [6.07, 6.45) is 5.00. The van der Waals surface area contributed by atoms with E-state index in [2.05, 4.69) is 0 Å². The largest absolute Gasteiger partial charge is 0.370 e. The summed E-state index contributed by atoms with van der Waals surface area (Å²) in [6.45, 7) is 0. The van der Waals surface area contributed by atoms with Gasteiger partial charge in [0, 0.05) is 13.1 Å². The molecular formula is C7H15N3. The Balaban J connectivity index is 2.39. The molecule has 0 bridgehead atoms. The Hall–Kier alpha value is -0.730. The maximum Gasteiger partial charge on any atom is 0.188 e. The van der Waals surface area contributed by atoms with E-state index in [1.165, 1.54) is 25.7 Å². The Kier molecular flexibility index (Phi) is 2.14. The summed E-state index contributed by atoms with van der Waals surface area (Å²) < 4.78 is 0. The topological polar surface area (TPSA) is 53.1 Å². The van der Waals surface area contributed by atoms with Gasteiger partial charge in [-0.25, -0.2) is 0 Å². The van der Waals surface area contributed by atoms with Crippen LogP contribution in [0.15, 0.2) is 0 Å². The first-order chi connectivity index (χ1) is 4.72. The average Bonchev–Trinajstić information content (AvgIpc) is 2.36. The highest BCUT2D eigenvalue weighted by molar-refractivity contribution is 5.74. The van der Waals surface area contributed by atoms with Gasteiger partial charge in [0.25, 0.3) is 0 Å². The van der Waals surface area contributed by atoms with Crippen LogP contribution in [0.25, 0.3) is 0 Å². The molecule has 1 aliphatic rings. The zero-order valence-electron chi connectivity index (χ0n) is 6.43. The maximum absolute atomic E-state index is 7.17. The van der Waals surface area contributed by atoms with E-state index in [0.717, 1.165) is 0 Å². The third-order valence-electron chi connectivity index (χ3n) is 2.25. The van der Waals surface area contributed by atoms with Gasteiger partial charge in [0.1, 0.15) is 0 Å². The fourth-order valence-corrected chi connectivity index (χ4v) is 1.49. The minimum atomic E-state index is 0.201. The normalized spacial score (nSPS) is 19.3. The number of hydrogen-bond donors (Lipinski definition) is 2. The second-order valence-corrected chi connectivity index (χ2v) is 2.93. The fourth-order valence-electron chi connectivity index (χ4n) is 1.49. The molecule has 1 fully saturated rings. The predicted molar refractivity (Wildman–Crippen MR) is 41.9 cm³/mol. The van der Waals surface area contributed by atoms with Gasteiger partial charge in [-0.2, -0.15) is 0 Å². The number of rotatable bonds is 1. The molecule has 1 rings (SSSR count). The van der Waals surface area contributed by atoms with Crippen molar-refractivity contribution in [2.75, 3.05) is 7.05 Å². The molecule has 1 saturated carbocycles. The molecule has 0 heterocycles.